The highest BCUT2D eigenvalue weighted by Gasteiger charge is 2.30. The zero-order chi connectivity index (χ0) is 22.3. The maximum atomic E-state index is 12.7. The summed E-state index contributed by atoms with van der Waals surface area (Å²) in [4.78, 5) is 12.7. The molecule has 1 fully saturated rings. The first-order chi connectivity index (χ1) is 14.8. The van der Waals surface area contributed by atoms with E-state index in [1.54, 1.807) is 6.08 Å². The molecule has 0 radical (unpaired) electrons. The first-order valence-corrected chi connectivity index (χ1v) is 12.1. The Morgan fingerprint density at radius 2 is 1.84 bits per heavy atom. The topological polar surface area (TPSA) is 75.7 Å². The summed E-state index contributed by atoms with van der Waals surface area (Å²) in [6.45, 7) is 5.13. The smallest absolute Gasteiger partial charge is 0.236 e. The van der Waals surface area contributed by atoms with Gasteiger partial charge in [-0.3, -0.25) is 4.79 Å². The highest BCUT2D eigenvalue weighted by molar-refractivity contribution is 7.92. The van der Waals surface area contributed by atoms with Crippen molar-refractivity contribution in [2.24, 2.45) is 5.92 Å². The van der Waals surface area contributed by atoms with Gasteiger partial charge in [-0.2, -0.15) is 4.31 Å². The van der Waals surface area contributed by atoms with Gasteiger partial charge in [-0.25, -0.2) is 8.42 Å². The lowest BCUT2D eigenvalue weighted by Gasteiger charge is -2.29. The molecule has 0 spiro atoms. The van der Waals surface area contributed by atoms with E-state index in [1.165, 1.54) is 9.71 Å². The van der Waals surface area contributed by atoms with Crippen molar-refractivity contribution in [1.29, 1.82) is 0 Å². The molecule has 1 aliphatic heterocycles. The molecule has 0 atom stereocenters. The van der Waals surface area contributed by atoms with Gasteiger partial charge in [0.05, 0.1) is 12.7 Å². The van der Waals surface area contributed by atoms with Crippen LogP contribution in [0.4, 0.5) is 5.69 Å². The van der Waals surface area contributed by atoms with E-state index in [4.69, 9.17) is 4.74 Å². The summed E-state index contributed by atoms with van der Waals surface area (Å²) in [5.74, 6) is -0.279. The minimum atomic E-state index is -3.50. The van der Waals surface area contributed by atoms with E-state index in [0.29, 0.717) is 32.5 Å². The van der Waals surface area contributed by atoms with E-state index in [0.717, 1.165) is 16.8 Å². The van der Waals surface area contributed by atoms with Crippen LogP contribution in [-0.4, -0.2) is 37.8 Å². The van der Waals surface area contributed by atoms with Crippen LogP contribution in [-0.2, 0) is 26.2 Å². The number of piperidine rings is 1. The molecule has 1 amide bonds. The van der Waals surface area contributed by atoms with Gasteiger partial charge in [-0.05, 0) is 56.0 Å². The fraction of sp³-hybridized carbons (Fsp3) is 0.375. The number of hydrogen-bond donors (Lipinski definition) is 1. The second kappa shape index (κ2) is 10.7. The first kappa shape index (κ1) is 23.2. The van der Waals surface area contributed by atoms with E-state index in [9.17, 15) is 13.2 Å². The summed E-state index contributed by atoms with van der Waals surface area (Å²) < 4.78 is 32.3. The van der Waals surface area contributed by atoms with Gasteiger partial charge in [-0.15, -0.1) is 0 Å². The van der Waals surface area contributed by atoms with Crippen molar-refractivity contribution in [3.05, 3.63) is 71.1 Å². The zero-order valence-corrected chi connectivity index (χ0v) is 18.8. The largest absolute Gasteiger partial charge is 0.374 e. The van der Waals surface area contributed by atoms with Gasteiger partial charge in [0.2, 0.25) is 15.9 Å². The quantitative estimate of drug-likeness (QED) is 0.663. The maximum absolute atomic E-state index is 12.7. The van der Waals surface area contributed by atoms with Crippen molar-refractivity contribution in [2.45, 2.75) is 39.4 Å². The van der Waals surface area contributed by atoms with Crippen LogP contribution in [0.2, 0.25) is 0 Å². The Balaban J connectivity index is 1.53. The second-order valence-corrected chi connectivity index (χ2v) is 9.80. The zero-order valence-electron chi connectivity index (χ0n) is 18.0. The third-order valence-electron chi connectivity index (χ3n) is 5.19. The van der Waals surface area contributed by atoms with Gasteiger partial charge in [0, 0.05) is 30.1 Å². The third-order valence-corrected chi connectivity index (χ3v) is 6.76. The molecule has 1 saturated heterocycles. The van der Waals surface area contributed by atoms with Crippen LogP contribution in [0.5, 0.6) is 0 Å². The Morgan fingerprint density at radius 3 is 2.52 bits per heavy atom. The molecule has 166 valence electrons. The number of anilines is 1. The van der Waals surface area contributed by atoms with Gasteiger partial charge in [-0.1, -0.05) is 42.5 Å². The van der Waals surface area contributed by atoms with Crippen molar-refractivity contribution in [2.75, 3.05) is 18.4 Å². The fourth-order valence-electron chi connectivity index (χ4n) is 3.43. The number of ether oxygens (including phenoxy) is 1. The van der Waals surface area contributed by atoms with Gasteiger partial charge < -0.3 is 10.1 Å². The van der Waals surface area contributed by atoms with Crippen molar-refractivity contribution in [1.82, 2.24) is 4.31 Å². The second-order valence-electron chi connectivity index (χ2n) is 7.98. The number of amides is 1. The highest BCUT2D eigenvalue weighted by Crippen LogP contribution is 2.23. The van der Waals surface area contributed by atoms with Crippen LogP contribution >= 0.6 is 0 Å². The molecule has 0 unspecified atom stereocenters. The fourth-order valence-corrected chi connectivity index (χ4v) is 4.65. The predicted octanol–water partition coefficient (Wildman–Crippen LogP) is 4.26. The number of hydrogen-bond acceptors (Lipinski definition) is 4. The average Bonchev–Trinajstić information content (AvgIpc) is 2.77. The van der Waals surface area contributed by atoms with Gasteiger partial charge >= 0.3 is 0 Å². The standard InChI is InChI=1S/C24H30N2O4S/c1-19(2)30-18-21-9-6-10-23(17-21)25-24(27)22-11-14-26(15-12-22)31(28,29)16-13-20-7-4-3-5-8-20/h3-10,13,16-17,19,22H,11-12,14-15,18H2,1-2H3,(H,25,27)/b16-13+. The Morgan fingerprint density at radius 1 is 1.13 bits per heavy atom. The van der Waals surface area contributed by atoms with E-state index in [1.807, 2.05) is 68.4 Å². The van der Waals surface area contributed by atoms with Crippen LogP contribution in [0.15, 0.2) is 60.0 Å². The lowest BCUT2D eigenvalue weighted by molar-refractivity contribution is -0.120. The summed E-state index contributed by atoms with van der Waals surface area (Å²) in [7, 11) is -3.50. The summed E-state index contributed by atoms with van der Waals surface area (Å²) >= 11 is 0. The molecular weight excluding hydrogens is 412 g/mol. The normalized spacial score (nSPS) is 16.1. The molecule has 3 rings (SSSR count). The molecule has 1 heterocycles. The molecular formula is C24H30N2O4S. The van der Waals surface area contributed by atoms with Crippen LogP contribution in [0, 0.1) is 5.92 Å². The molecule has 0 aromatic heterocycles. The van der Waals surface area contributed by atoms with E-state index < -0.39 is 10.0 Å². The third kappa shape index (κ3) is 7.02. The predicted molar refractivity (Wildman–Crippen MR) is 124 cm³/mol. The van der Waals surface area contributed by atoms with Crippen molar-refractivity contribution in [3.8, 4) is 0 Å². The minimum absolute atomic E-state index is 0.0706. The number of rotatable bonds is 8. The number of sulfonamides is 1. The molecule has 0 bridgehead atoms. The Hall–Kier alpha value is -2.48. The first-order valence-electron chi connectivity index (χ1n) is 10.6. The molecule has 7 heteroatoms. The molecule has 2 aromatic carbocycles. The SMILES string of the molecule is CC(C)OCc1cccc(NC(=O)C2CCN(S(=O)(=O)/C=C/c3ccccc3)CC2)c1. The number of benzene rings is 2. The Bertz CT molecular complexity index is 995. The van der Waals surface area contributed by atoms with Gasteiger partial charge in [0.15, 0.2) is 0 Å². The minimum Gasteiger partial charge on any atom is -0.374 e. The Labute approximate surface area is 185 Å². The van der Waals surface area contributed by atoms with Crippen molar-refractivity contribution >= 4 is 27.7 Å². The summed E-state index contributed by atoms with van der Waals surface area (Å²) in [6, 6.07) is 16.9. The number of nitrogens with zero attached hydrogens (tertiary/aromatic N) is 1. The molecule has 0 saturated carbocycles. The summed E-state index contributed by atoms with van der Waals surface area (Å²) in [5, 5.41) is 4.21. The maximum Gasteiger partial charge on any atom is 0.236 e. The number of carbonyl (C=O) groups excluding carboxylic acids is 1. The number of carbonyl (C=O) groups is 1. The molecule has 0 aliphatic carbocycles. The van der Waals surface area contributed by atoms with Crippen LogP contribution in [0.3, 0.4) is 0 Å². The van der Waals surface area contributed by atoms with E-state index in [-0.39, 0.29) is 17.9 Å². The monoisotopic (exact) mass is 442 g/mol. The van der Waals surface area contributed by atoms with E-state index in [2.05, 4.69) is 5.32 Å². The van der Waals surface area contributed by atoms with Gasteiger partial charge in [0.25, 0.3) is 0 Å². The summed E-state index contributed by atoms with van der Waals surface area (Å²) in [5.41, 5.74) is 2.56. The molecule has 1 N–H and O–H groups in total. The average molecular weight is 443 g/mol. The molecule has 6 nitrogen and oxygen atoms in total. The van der Waals surface area contributed by atoms with Crippen molar-refractivity contribution < 1.29 is 17.9 Å². The highest BCUT2D eigenvalue weighted by atomic mass is 32.2. The molecule has 31 heavy (non-hydrogen) atoms. The lowest BCUT2D eigenvalue weighted by atomic mass is 9.97. The molecule has 1 aliphatic rings. The number of nitrogens with one attached hydrogen (secondary N) is 1. The van der Waals surface area contributed by atoms with Crippen molar-refractivity contribution in [3.63, 3.8) is 0 Å². The van der Waals surface area contributed by atoms with Crippen LogP contribution < -0.4 is 5.32 Å². The Kier molecular flexibility index (Phi) is 8.01. The lowest BCUT2D eigenvalue weighted by Crippen LogP contribution is -2.40. The van der Waals surface area contributed by atoms with Crippen LogP contribution in [0.1, 0.15) is 37.8 Å². The molecule has 2 aromatic rings. The van der Waals surface area contributed by atoms with Crippen LogP contribution in [0.25, 0.3) is 6.08 Å². The van der Waals surface area contributed by atoms with E-state index >= 15 is 0 Å². The summed E-state index contributed by atoms with van der Waals surface area (Å²) in [6.07, 6.45) is 2.74. The van der Waals surface area contributed by atoms with Gasteiger partial charge in [0.1, 0.15) is 0 Å².